The summed E-state index contributed by atoms with van der Waals surface area (Å²) >= 11 is 3.41. The van der Waals surface area contributed by atoms with E-state index >= 15 is 0 Å². The van der Waals surface area contributed by atoms with E-state index in [0.29, 0.717) is 17.7 Å². The zero-order valence-electron chi connectivity index (χ0n) is 10.5. The van der Waals surface area contributed by atoms with Crippen LogP contribution in [0.2, 0.25) is 0 Å². The SMILES string of the molecule is Cn1ncc(Br)c1C(=O)C1CC2CCCCC2N1. The summed E-state index contributed by atoms with van der Waals surface area (Å²) in [6, 6.07) is 0.532. The second-order valence-electron chi connectivity index (χ2n) is 5.43. The van der Waals surface area contributed by atoms with Crippen molar-refractivity contribution >= 4 is 21.7 Å². The van der Waals surface area contributed by atoms with Crippen molar-refractivity contribution in [2.24, 2.45) is 13.0 Å². The Morgan fingerprint density at radius 1 is 1.50 bits per heavy atom. The highest BCUT2D eigenvalue weighted by molar-refractivity contribution is 9.10. The minimum atomic E-state index is -0.0233. The number of hydrogen-bond donors (Lipinski definition) is 1. The van der Waals surface area contributed by atoms with Crippen molar-refractivity contribution in [2.75, 3.05) is 0 Å². The van der Waals surface area contributed by atoms with Crippen LogP contribution in [0, 0.1) is 5.92 Å². The van der Waals surface area contributed by atoms with E-state index in [0.717, 1.165) is 10.9 Å². The van der Waals surface area contributed by atoms with E-state index in [9.17, 15) is 4.79 Å². The van der Waals surface area contributed by atoms with Crippen molar-refractivity contribution < 1.29 is 4.79 Å². The number of hydrogen-bond acceptors (Lipinski definition) is 3. The number of nitrogens with one attached hydrogen (secondary N) is 1. The number of carbonyl (C=O) groups excluding carboxylic acids is 1. The molecule has 2 heterocycles. The summed E-state index contributed by atoms with van der Waals surface area (Å²) in [5, 5.41) is 7.64. The standard InChI is InChI=1S/C13H18BrN3O/c1-17-12(9(14)7-15-17)13(18)11-6-8-4-2-3-5-10(8)16-11/h7-8,10-11,16H,2-6H2,1H3. The average molecular weight is 312 g/mol. The fourth-order valence-corrected chi connectivity index (χ4v) is 3.92. The highest BCUT2D eigenvalue weighted by Crippen LogP contribution is 2.34. The van der Waals surface area contributed by atoms with Gasteiger partial charge in [-0.3, -0.25) is 9.48 Å². The van der Waals surface area contributed by atoms with E-state index in [1.165, 1.54) is 25.7 Å². The number of halogens is 1. The molecule has 3 unspecified atom stereocenters. The predicted molar refractivity (Wildman–Crippen MR) is 72.5 cm³/mol. The van der Waals surface area contributed by atoms with Crippen molar-refractivity contribution in [1.82, 2.24) is 15.1 Å². The molecule has 0 radical (unpaired) electrons. The number of aromatic nitrogens is 2. The smallest absolute Gasteiger partial charge is 0.198 e. The molecule has 1 saturated heterocycles. The molecule has 0 spiro atoms. The monoisotopic (exact) mass is 311 g/mol. The van der Waals surface area contributed by atoms with Gasteiger partial charge in [-0.2, -0.15) is 5.10 Å². The number of nitrogens with zero attached hydrogens (tertiary/aromatic N) is 2. The van der Waals surface area contributed by atoms with Crippen LogP contribution in [0.1, 0.15) is 42.6 Å². The van der Waals surface area contributed by atoms with E-state index in [-0.39, 0.29) is 11.8 Å². The maximum absolute atomic E-state index is 12.5. The number of Topliss-reactive ketones (excluding diaryl/α,β-unsaturated/α-hetero) is 1. The first-order valence-electron chi connectivity index (χ1n) is 6.64. The third-order valence-corrected chi connectivity index (χ3v) is 4.89. The van der Waals surface area contributed by atoms with Gasteiger partial charge in [0.1, 0.15) is 5.69 Å². The summed E-state index contributed by atoms with van der Waals surface area (Å²) in [4.78, 5) is 12.5. The summed E-state index contributed by atoms with van der Waals surface area (Å²) in [6.07, 6.45) is 7.79. The topological polar surface area (TPSA) is 46.9 Å². The van der Waals surface area contributed by atoms with E-state index in [1.807, 2.05) is 7.05 Å². The minimum Gasteiger partial charge on any atom is -0.304 e. The molecule has 1 aliphatic heterocycles. The van der Waals surface area contributed by atoms with Crippen molar-refractivity contribution in [3.63, 3.8) is 0 Å². The Hall–Kier alpha value is -0.680. The maximum atomic E-state index is 12.5. The summed E-state index contributed by atoms with van der Waals surface area (Å²) < 4.78 is 2.46. The van der Waals surface area contributed by atoms with E-state index in [2.05, 4.69) is 26.3 Å². The van der Waals surface area contributed by atoms with Crippen LogP contribution < -0.4 is 5.32 Å². The van der Waals surface area contributed by atoms with Gasteiger partial charge in [0.15, 0.2) is 5.78 Å². The molecule has 1 N–H and O–H groups in total. The van der Waals surface area contributed by atoms with E-state index in [1.54, 1.807) is 10.9 Å². The number of carbonyl (C=O) groups is 1. The highest BCUT2D eigenvalue weighted by Gasteiger charge is 2.39. The first-order valence-corrected chi connectivity index (χ1v) is 7.44. The lowest BCUT2D eigenvalue weighted by Crippen LogP contribution is -2.37. The van der Waals surface area contributed by atoms with Crippen LogP contribution in [0.5, 0.6) is 0 Å². The van der Waals surface area contributed by atoms with E-state index < -0.39 is 0 Å². The highest BCUT2D eigenvalue weighted by atomic mass is 79.9. The lowest BCUT2D eigenvalue weighted by Gasteiger charge is -2.24. The molecule has 2 fully saturated rings. The third kappa shape index (κ3) is 2.03. The Morgan fingerprint density at radius 2 is 2.28 bits per heavy atom. The molecule has 1 saturated carbocycles. The number of rotatable bonds is 2. The molecular formula is C13H18BrN3O. The van der Waals surface area contributed by atoms with Crippen LogP contribution in [0.25, 0.3) is 0 Å². The van der Waals surface area contributed by atoms with Gasteiger partial charge in [-0.25, -0.2) is 0 Å². The molecule has 3 atom stereocenters. The van der Waals surface area contributed by atoms with Gasteiger partial charge in [-0.15, -0.1) is 0 Å². The van der Waals surface area contributed by atoms with Crippen LogP contribution in [-0.4, -0.2) is 27.6 Å². The molecule has 5 heteroatoms. The number of aryl methyl sites for hydroxylation is 1. The Morgan fingerprint density at radius 3 is 2.94 bits per heavy atom. The van der Waals surface area contributed by atoms with Crippen molar-refractivity contribution in [1.29, 1.82) is 0 Å². The number of ketones is 1. The van der Waals surface area contributed by atoms with Gasteiger partial charge < -0.3 is 5.32 Å². The van der Waals surface area contributed by atoms with Gasteiger partial charge >= 0.3 is 0 Å². The van der Waals surface area contributed by atoms with Gasteiger partial charge in [-0.1, -0.05) is 12.8 Å². The third-order valence-electron chi connectivity index (χ3n) is 4.31. The van der Waals surface area contributed by atoms with E-state index in [4.69, 9.17) is 0 Å². The molecule has 1 aliphatic carbocycles. The van der Waals surface area contributed by atoms with Crippen LogP contribution >= 0.6 is 15.9 Å². The van der Waals surface area contributed by atoms with Crippen LogP contribution in [-0.2, 0) is 7.05 Å². The average Bonchev–Trinajstić information content (AvgIpc) is 2.92. The lowest BCUT2D eigenvalue weighted by atomic mass is 9.84. The first-order chi connectivity index (χ1) is 8.66. The summed E-state index contributed by atoms with van der Waals surface area (Å²) in [6.45, 7) is 0. The summed E-state index contributed by atoms with van der Waals surface area (Å²) in [7, 11) is 1.82. The van der Waals surface area contributed by atoms with Gasteiger partial charge in [0.2, 0.25) is 0 Å². The summed E-state index contributed by atoms with van der Waals surface area (Å²) in [5.41, 5.74) is 0.686. The molecule has 4 nitrogen and oxygen atoms in total. The Labute approximate surface area is 115 Å². The quantitative estimate of drug-likeness (QED) is 0.852. The molecule has 1 aromatic heterocycles. The molecule has 2 aliphatic rings. The summed E-state index contributed by atoms with van der Waals surface area (Å²) in [5.74, 6) is 0.871. The fraction of sp³-hybridized carbons (Fsp3) is 0.692. The normalized spacial score (nSPS) is 31.3. The Kier molecular flexibility index (Phi) is 3.28. The van der Waals surface area contributed by atoms with Crippen molar-refractivity contribution in [2.45, 2.75) is 44.2 Å². The predicted octanol–water partition coefficient (Wildman–Crippen LogP) is 2.29. The van der Waals surface area contributed by atoms with Gasteiger partial charge in [-0.05, 0) is 41.1 Å². The largest absolute Gasteiger partial charge is 0.304 e. The van der Waals surface area contributed by atoms with Gasteiger partial charge in [0.25, 0.3) is 0 Å². The molecular weight excluding hydrogens is 294 g/mol. The molecule has 0 amide bonds. The van der Waals surface area contributed by atoms with Gasteiger partial charge in [0.05, 0.1) is 16.7 Å². The molecule has 0 bridgehead atoms. The number of fused-ring (bicyclic) bond motifs is 1. The maximum Gasteiger partial charge on any atom is 0.198 e. The lowest BCUT2D eigenvalue weighted by molar-refractivity contribution is 0.0939. The van der Waals surface area contributed by atoms with Crippen LogP contribution in [0.3, 0.4) is 0 Å². The Bertz CT molecular complexity index is 437. The van der Waals surface area contributed by atoms with Crippen LogP contribution in [0.15, 0.2) is 10.7 Å². The Balaban J connectivity index is 1.78. The second kappa shape index (κ2) is 4.78. The fourth-order valence-electron chi connectivity index (χ4n) is 3.37. The van der Waals surface area contributed by atoms with Gasteiger partial charge in [0, 0.05) is 13.1 Å². The molecule has 98 valence electrons. The molecule has 0 aromatic carbocycles. The molecule has 18 heavy (non-hydrogen) atoms. The zero-order valence-corrected chi connectivity index (χ0v) is 12.1. The molecule has 3 rings (SSSR count). The van der Waals surface area contributed by atoms with Crippen LogP contribution in [0.4, 0.5) is 0 Å². The zero-order chi connectivity index (χ0) is 12.7. The first kappa shape index (κ1) is 12.4. The van der Waals surface area contributed by atoms with Crippen molar-refractivity contribution in [3.05, 3.63) is 16.4 Å². The minimum absolute atomic E-state index is 0.0233. The second-order valence-corrected chi connectivity index (χ2v) is 6.29. The van der Waals surface area contributed by atoms with Crippen molar-refractivity contribution in [3.8, 4) is 0 Å². The molecule has 1 aromatic rings.